The third-order valence-electron chi connectivity index (χ3n) is 3.86. The van der Waals surface area contributed by atoms with Gasteiger partial charge in [-0.15, -0.1) is 0 Å². The van der Waals surface area contributed by atoms with Crippen LogP contribution < -0.4 is 5.32 Å². The molecule has 0 fully saturated rings. The van der Waals surface area contributed by atoms with Gasteiger partial charge in [0.25, 0.3) is 0 Å². The molecule has 0 aliphatic carbocycles. The summed E-state index contributed by atoms with van der Waals surface area (Å²) in [7, 11) is 2.70. The third kappa shape index (κ3) is 4.70. The van der Waals surface area contributed by atoms with Crippen LogP contribution >= 0.6 is 0 Å². The lowest BCUT2D eigenvalue weighted by Gasteiger charge is -2.31. The number of carbonyl (C=O) groups excluding carboxylic acids is 3. The molecule has 3 amide bonds. The Morgan fingerprint density at radius 2 is 1.92 bits per heavy atom. The number of anilines is 1. The minimum atomic E-state index is -4.72. The summed E-state index contributed by atoms with van der Waals surface area (Å²) in [6.45, 7) is -2.40. The Labute approximate surface area is 146 Å². The topological polar surface area (TPSA) is 69.7 Å². The van der Waals surface area contributed by atoms with Crippen molar-refractivity contribution in [2.75, 3.05) is 32.5 Å². The molecule has 0 saturated heterocycles. The molecule has 0 bridgehead atoms. The van der Waals surface area contributed by atoms with Gasteiger partial charge < -0.3 is 15.1 Å². The molecule has 1 aromatic rings. The quantitative estimate of drug-likeness (QED) is 0.815. The van der Waals surface area contributed by atoms with E-state index in [9.17, 15) is 31.9 Å². The molecule has 2 rings (SSSR count). The number of hydrogen-bond acceptors (Lipinski definition) is 3. The van der Waals surface area contributed by atoms with Crippen LogP contribution in [0.25, 0.3) is 0 Å². The normalized spacial score (nSPS) is 16.5. The van der Waals surface area contributed by atoms with Crippen molar-refractivity contribution in [2.45, 2.75) is 18.5 Å². The molecular weight excluding hydrogens is 358 g/mol. The average Bonchev–Trinajstić information content (AvgIpc) is 2.50. The first-order chi connectivity index (χ1) is 12.0. The van der Waals surface area contributed by atoms with E-state index >= 15 is 0 Å². The molecule has 26 heavy (non-hydrogen) atoms. The van der Waals surface area contributed by atoms with Crippen LogP contribution in [0.2, 0.25) is 0 Å². The van der Waals surface area contributed by atoms with Gasteiger partial charge in [-0.2, -0.15) is 13.2 Å². The second-order valence-corrected chi connectivity index (χ2v) is 6.13. The smallest absolute Gasteiger partial charge is 0.347 e. The zero-order valence-corrected chi connectivity index (χ0v) is 14.1. The number of benzene rings is 1. The molecule has 1 atom stereocenters. The molecule has 142 valence electrons. The summed E-state index contributed by atoms with van der Waals surface area (Å²) in [5, 5.41) is 2.38. The summed E-state index contributed by atoms with van der Waals surface area (Å²) in [6, 6.07) is 3.29. The number of rotatable bonds is 4. The van der Waals surface area contributed by atoms with Crippen molar-refractivity contribution in [1.29, 1.82) is 0 Å². The van der Waals surface area contributed by atoms with Crippen molar-refractivity contribution < 1.29 is 31.9 Å². The molecule has 0 aromatic heterocycles. The zero-order valence-electron chi connectivity index (χ0n) is 14.1. The van der Waals surface area contributed by atoms with Crippen LogP contribution in [0.5, 0.6) is 0 Å². The summed E-state index contributed by atoms with van der Waals surface area (Å²) >= 11 is 0. The lowest BCUT2D eigenvalue weighted by Crippen LogP contribution is -2.47. The largest absolute Gasteiger partial charge is 0.406 e. The monoisotopic (exact) mass is 375 g/mol. The van der Waals surface area contributed by atoms with Gasteiger partial charge in [0.1, 0.15) is 18.9 Å². The van der Waals surface area contributed by atoms with Crippen LogP contribution in [0, 0.1) is 5.82 Å². The first kappa shape index (κ1) is 19.7. The number of nitrogens with zero attached hydrogens (tertiary/aromatic N) is 2. The van der Waals surface area contributed by atoms with Gasteiger partial charge in [-0.05, 0) is 17.7 Å². The van der Waals surface area contributed by atoms with Crippen LogP contribution in [0.4, 0.5) is 23.2 Å². The molecule has 1 aliphatic heterocycles. The number of likely N-dealkylation sites (N-methyl/N-ethyl adjacent to an activating group) is 1. The molecule has 1 N–H and O–H groups in total. The molecule has 1 unspecified atom stereocenters. The third-order valence-corrected chi connectivity index (χ3v) is 3.86. The Bertz CT molecular complexity index is 734. The molecule has 0 radical (unpaired) electrons. The second-order valence-electron chi connectivity index (χ2n) is 6.13. The number of alkyl halides is 3. The molecule has 6 nitrogen and oxygen atoms in total. The minimum Gasteiger partial charge on any atom is -0.347 e. The molecule has 1 heterocycles. The van der Waals surface area contributed by atoms with E-state index in [0.717, 1.165) is 17.0 Å². The molecular formula is C16H17F4N3O3. The molecule has 1 aliphatic rings. The summed E-state index contributed by atoms with van der Waals surface area (Å²) < 4.78 is 51.9. The van der Waals surface area contributed by atoms with Gasteiger partial charge in [-0.3, -0.25) is 14.4 Å². The number of halogens is 4. The van der Waals surface area contributed by atoms with E-state index in [1.807, 2.05) is 0 Å². The minimum absolute atomic E-state index is 0.0329. The summed E-state index contributed by atoms with van der Waals surface area (Å²) in [5.41, 5.74) is 0.242. The van der Waals surface area contributed by atoms with E-state index < -0.39 is 48.7 Å². The fraction of sp³-hybridized carbons (Fsp3) is 0.438. The van der Waals surface area contributed by atoms with Crippen molar-refractivity contribution in [3.8, 4) is 0 Å². The second kappa shape index (κ2) is 7.30. The van der Waals surface area contributed by atoms with E-state index in [-0.39, 0.29) is 17.7 Å². The predicted octanol–water partition coefficient (Wildman–Crippen LogP) is 1.73. The number of nitrogens with one attached hydrogen (secondary N) is 1. The van der Waals surface area contributed by atoms with Crippen LogP contribution in [-0.4, -0.2) is 60.9 Å². The summed E-state index contributed by atoms with van der Waals surface area (Å²) in [4.78, 5) is 37.8. The molecule has 0 spiro atoms. The highest BCUT2D eigenvalue weighted by atomic mass is 19.4. The van der Waals surface area contributed by atoms with Gasteiger partial charge in [0, 0.05) is 26.2 Å². The highest BCUT2D eigenvalue weighted by molar-refractivity contribution is 6.01. The van der Waals surface area contributed by atoms with Crippen molar-refractivity contribution in [3.63, 3.8) is 0 Å². The van der Waals surface area contributed by atoms with Gasteiger partial charge in [0.2, 0.25) is 17.7 Å². The van der Waals surface area contributed by atoms with Crippen LogP contribution in [0.15, 0.2) is 18.2 Å². The van der Waals surface area contributed by atoms with Crippen molar-refractivity contribution in [3.05, 3.63) is 29.6 Å². The summed E-state index contributed by atoms with van der Waals surface area (Å²) in [6.07, 6.45) is -5.10. The number of hydrogen-bond donors (Lipinski definition) is 1. The maximum Gasteiger partial charge on any atom is 0.406 e. The lowest BCUT2D eigenvalue weighted by atomic mass is 9.89. The fourth-order valence-electron chi connectivity index (χ4n) is 2.61. The predicted molar refractivity (Wildman–Crippen MR) is 83.7 cm³/mol. The van der Waals surface area contributed by atoms with Gasteiger partial charge in [0.05, 0.1) is 5.92 Å². The van der Waals surface area contributed by atoms with Gasteiger partial charge in [0.15, 0.2) is 0 Å². The van der Waals surface area contributed by atoms with Crippen molar-refractivity contribution in [2.24, 2.45) is 0 Å². The maximum absolute atomic E-state index is 13.3. The Hall–Kier alpha value is -2.65. The maximum atomic E-state index is 13.3. The zero-order chi connectivity index (χ0) is 19.6. The Morgan fingerprint density at radius 1 is 1.27 bits per heavy atom. The van der Waals surface area contributed by atoms with Gasteiger partial charge in [-0.25, -0.2) is 4.39 Å². The highest BCUT2D eigenvalue weighted by Crippen LogP contribution is 2.34. The molecule has 10 heteroatoms. The van der Waals surface area contributed by atoms with Crippen LogP contribution in [-0.2, 0) is 14.4 Å². The Kier molecular flexibility index (Phi) is 5.53. The highest BCUT2D eigenvalue weighted by Gasteiger charge is 2.39. The Balaban J connectivity index is 2.35. The number of carbonyl (C=O) groups is 3. The van der Waals surface area contributed by atoms with Gasteiger partial charge >= 0.3 is 6.18 Å². The standard InChI is InChI=1S/C16H17F4N3O3/c1-22(2)14(25)7-23(8-16(18,19)20)15(26)11-6-13(24)21-12-5-9(17)3-4-10(11)12/h3-5,11H,6-8H2,1-2H3,(H,21,24). The van der Waals surface area contributed by atoms with Crippen LogP contribution in [0.1, 0.15) is 17.9 Å². The number of fused-ring (bicyclic) bond motifs is 1. The van der Waals surface area contributed by atoms with E-state index in [0.29, 0.717) is 4.90 Å². The van der Waals surface area contributed by atoms with E-state index in [1.165, 1.54) is 20.2 Å². The molecule has 1 aromatic carbocycles. The first-order valence-corrected chi connectivity index (χ1v) is 7.63. The summed E-state index contributed by atoms with van der Waals surface area (Å²) in [5.74, 6) is -4.21. The number of amides is 3. The Morgan fingerprint density at radius 3 is 2.50 bits per heavy atom. The average molecular weight is 375 g/mol. The lowest BCUT2D eigenvalue weighted by molar-refractivity contribution is -0.165. The fourth-order valence-corrected chi connectivity index (χ4v) is 2.61. The first-order valence-electron chi connectivity index (χ1n) is 7.63. The SMILES string of the molecule is CN(C)C(=O)CN(CC(F)(F)F)C(=O)C1CC(=O)Nc2cc(F)ccc21. The van der Waals surface area contributed by atoms with Crippen molar-refractivity contribution in [1.82, 2.24) is 9.80 Å². The van der Waals surface area contributed by atoms with Crippen LogP contribution in [0.3, 0.4) is 0 Å². The van der Waals surface area contributed by atoms with E-state index in [1.54, 1.807) is 0 Å². The van der Waals surface area contributed by atoms with Crippen molar-refractivity contribution >= 4 is 23.4 Å². The van der Waals surface area contributed by atoms with E-state index in [4.69, 9.17) is 0 Å². The van der Waals surface area contributed by atoms with E-state index in [2.05, 4.69) is 5.32 Å². The molecule has 0 saturated carbocycles. The van der Waals surface area contributed by atoms with Gasteiger partial charge in [-0.1, -0.05) is 6.07 Å².